The van der Waals surface area contributed by atoms with Crippen molar-refractivity contribution in [2.75, 3.05) is 17.6 Å². The van der Waals surface area contributed by atoms with Crippen LogP contribution in [0.3, 0.4) is 0 Å². The summed E-state index contributed by atoms with van der Waals surface area (Å²) in [5, 5.41) is 0. The maximum atomic E-state index is 5.62. The summed E-state index contributed by atoms with van der Waals surface area (Å²) >= 11 is 1.51. The van der Waals surface area contributed by atoms with Crippen molar-refractivity contribution in [2.45, 2.75) is 4.90 Å². The molecule has 88 valence electrons. The van der Waals surface area contributed by atoms with Crippen LogP contribution in [-0.4, -0.2) is 12.1 Å². The zero-order chi connectivity index (χ0) is 12.1. The number of benzene rings is 1. The Balaban J connectivity index is 1.99. The molecule has 2 aromatic rings. The molecule has 0 aliphatic heterocycles. The van der Waals surface area contributed by atoms with Crippen LogP contribution in [0.4, 0.5) is 11.4 Å². The van der Waals surface area contributed by atoms with Gasteiger partial charge in [-0.05, 0) is 42.3 Å². The Labute approximate surface area is 104 Å². The molecule has 0 aliphatic carbocycles. The highest BCUT2D eigenvalue weighted by molar-refractivity contribution is 8.00. The quantitative estimate of drug-likeness (QED) is 0.642. The van der Waals surface area contributed by atoms with Gasteiger partial charge in [-0.1, -0.05) is 0 Å². The zero-order valence-corrected chi connectivity index (χ0v) is 10.2. The Bertz CT molecular complexity index is 487. The summed E-state index contributed by atoms with van der Waals surface area (Å²) in [5.74, 6) is 0.591. The van der Waals surface area contributed by atoms with Crippen molar-refractivity contribution in [1.29, 1.82) is 0 Å². The van der Waals surface area contributed by atoms with Gasteiger partial charge in [0.15, 0.2) is 0 Å². The van der Waals surface area contributed by atoms with Crippen molar-refractivity contribution < 1.29 is 4.74 Å². The number of anilines is 2. The molecule has 0 aliphatic rings. The number of nitrogens with zero attached hydrogens (tertiary/aromatic N) is 1. The second kappa shape index (κ2) is 5.45. The first-order valence-electron chi connectivity index (χ1n) is 5.06. The maximum absolute atomic E-state index is 5.62. The van der Waals surface area contributed by atoms with E-state index >= 15 is 0 Å². The smallest absolute Gasteiger partial charge is 0.215 e. The largest absolute Gasteiger partial charge is 0.481 e. The highest BCUT2D eigenvalue weighted by Crippen LogP contribution is 2.23. The molecule has 0 atom stereocenters. The first-order valence-corrected chi connectivity index (χ1v) is 5.88. The van der Waals surface area contributed by atoms with Crippen molar-refractivity contribution in [3.05, 3.63) is 42.6 Å². The van der Waals surface area contributed by atoms with E-state index in [0.717, 1.165) is 16.3 Å². The monoisotopic (exact) mass is 247 g/mol. The van der Waals surface area contributed by atoms with Crippen LogP contribution in [0.25, 0.3) is 0 Å². The molecule has 3 N–H and O–H groups in total. The number of pyridine rings is 1. The highest BCUT2D eigenvalue weighted by atomic mass is 32.2. The Kier molecular flexibility index (Phi) is 3.72. The molecule has 0 saturated heterocycles. The molecule has 1 aromatic heterocycles. The van der Waals surface area contributed by atoms with Crippen LogP contribution in [-0.2, 0) is 0 Å². The van der Waals surface area contributed by atoms with E-state index in [4.69, 9.17) is 10.5 Å². The number of nitrogens with one attached hydrogen (secondary N) is 1. The van der Waals surface area contributed by atoms with Crippen LogP contribution in [0.15, 0.2) is 47.5 Å². The van der Waals surface area contributed by atoms with E-state index in [9.17, 15) is 0 Å². The van der Waals surface area contributed by atoms with Gasteiger partial charge in [-0.3, -0.25) is 0 Å². The first kappa shape index (κ1) is 11.6. The lowest BCUT2D eigenvalue weighted by Gasteiger charge is -2.06. The molecule has 0 unspecified atom stereocenters. The molecule has 0 bridgehead atoms. The molecule has 1 aromatic carbocycles. The summed E-state index contributed by atoms with van der Waals surface area (Å²) in [6.07, 6.45) is 1.70. The van der Waals surface area contributed by atoms with Crippen LogP contribution in [0, 0.1) is 0 Å². The molecule has 0 radical (unpaired) electrons. The molecular weight excluding hydrogens is 234 g/mol. The second-order valence-electron chi connectivity index (χ2n) is 3.36. The summed E-state index contributed by atoms with van der Waals surface area (Å²) in [6.45, 7) is 0. The van der Waals surface area contributed by atoms with Gasteiger partial charge < -0.3 is 15.2 Å². The fourth-order valence-corrected chi connectivity index (χ4v) is 1.87. The predicted octanol–water partition coefficient (Wildman–Crippen LogP) is 2.79. The topological polar surface area (TPSA) is 60.2 Å². The first-order chi connectivity index (χ1) is 8.28. The minimum absolute atomic E-state index is 0.591. The van der Waals surface area contributed by atoms with Crippen molar-refractivity contribution in [3.63, 3.8) is 0 Å². The third kappa shape index (κ3) is 3.29. The SMILES string of the molecule is COc1cc(NSc2ccc(N)cc2)ccn1. The molecule has 0 saturated carbocycles. The van der Waals surface area contributed by atoms with Gasteiger partial charge >= 0.3 is 0 Å². The number of hydrogen-bond acceptors (Lipinski definition) is 5. The summed E-state index contributed by atoms with van der Waals surface area (Å²) in [5.41, 5.74) is 7.32. The fraction of sp³-hybridized carbons (Fsp3) is 0.0833. The number of rotatable bonds is 4. The normalized spacial score (nSPS) is 9.94. The number of nitrogens with two attached hydrogens (primary N) is 1. The Morgan fingerprint density at radius 3 is 2.71 bits per heavy atom. The third-order valence-electron chi connectivity index (χ3n) is 2.11. The van der Waals surface area contributed by atoms with E-state index in [1.165, 1.54) is 11.9 Å². The van der Waals surface area contributed by atoms with Crippen molar-refractivity contribution in [1.82, 2.24) is 4.98 Å². The summed E-state index contributed by atoms with van der Waals surface area (Å²) in [6, 6.07) is 11.4. The van der Waals surface area contributed by atoms with E-state index in [1.54, 1.807) is 13.3 Å². The molecule has 0 amide bonds. The lowest BCUT2D eigenvalue weighted by atomic mass is 10.3. The Morgan fingerprint density at radius 1 is 1.24 bits per heavy atom. The van der Waals surface area contributed by atoms with Gasteiger partial charge in [0.05, 0.1) is 12.8 Å². The van der Waals surface area contributed by atoms with E-state index in [0.29, 0.717) is 5.88 Å². The van der Waals surface area contributed by atoms with Gasteiger partial charge in [0, 0.05) is 22.8 Å². The van der Waals surface area contributed by atoms with Gasteiger partial charge in [0.25, 0.3) is 0 Å². The lowest BCUT2D eigenvalue weighted by Crippen LogP contribution is -1.91. The van der Waals surface area contributed by atoms with E-state index in [2.05, 4.69) is 9.71 Å². The number of aromatic nitrogens is 1. The van der Waals surface area contributed by atoms with E-state index in [-0.39, 0.29) is 0 Å². The van der Waals surface area contributed by atoms with E-state index in [1.807, 2.05) is 36.4 Å². The maximum Gasteiger partial charge on any atom is 0.215 e. The lowest BCUT2D eigenvalue weighted by molar-refractivity contribution is 0.398. The number of ether oxygens (including phenoxy) is 1. The van der Waals surface area contributed by atoms with Gasteiger partial charge in [-0.25, -0.2) is 4.98 Å². The molecule has 1 heterocycles. The Morgan fingerprint density at radius 2 is 2.00 bits per heavy atom. The molecule has 0 fully saturated rings. The third-order valence-corrected chi connectivity index (χ3v) is 2.96. The molecule has 2 rings (SSSR count). The Hall–Kier alpha value is -1.88. The highest BCUT2D eigenvalue weighted by Gasteiger charge is 1.98. The van der Waals surface area contributed by atoms with Crippen molar-refractivity contribution in [2.24, 2.45) is 0 Å². The average molecular weight is 247 g/mol. The summed E-state index contributed by atoms with van der Waals surface area (Å²) in [4.78, 5) is 5.13. The average Bonchev–Trinajstić information content (AvgIpc) is 2.38. The van der Waals surface area contributed by atoms with Gasteiger partial charge in [-0.15, -0.1) is 0 Å². The second-order valence-corrected chi connectivity index (χ2v) is 4.24. The van der Waals surface area contributed by atoms with Crippen molar-refractivity contribution in [3.8, 4) is 5.88 Å². The van der Waals surface area contributed by atoms with Crippen LogP contribution in [0.1, 0.15) is 0 Å². The minimum atomic E-state index is 0.591. The van der Waals surface area contributed by atoms with Gasteiger partial charge in [-0.2, -0.15) is 0 Å². The predicted molar refractivity (Wildman–Crippen MR) is 71.1 cm³/mol. The molecular formula is C12H13N3OS. The zero-order valence-electron chi connectivity index (χ0n) is 9.38. The molecule has 0 spiro atoms. The van der Waals surface area contributed by atoms with Gasteiger partial charge in [0.1, 0.15) is 0 Å². The van der Waals surface area contributed by atoms with Crippen LogP contribution < -0.4 is 15.2 Å². The summed E-state index contributed by atoms with van der Waals surface area (Å²) < 4.78 is 8.26. The minimum Gasteiger partial charge on any atom is -0.481 e. The number of nitrogen functional groups attached to an aromatic ring is 1. The van der Waals surface area contributed by atoms with E-state index < -0.39 is 0 Å². The molecule has 4 nitrogen and oxygen atoms in total. The fourth-order valence-electron chi connectivity index (χ4n) is 1.24. The van der Waals surface area contributed by atoms with Crippen LogP contribution in [0.2, 0.25) is 0 Å². The molecule has 5 heteroatoms. The summed E-state index contributed by atoms with van der Waals surface area (Å²) in [7, 11) is 1.60. The standard InChI is InChI=1S/C12H13N3OS/c1-16-12-8-10(6-7-14-12)15-17-11-4-2-9(13)3-5-11/h2-8H,13H2,1H3,(H,14,15). The van der Waals surface area contributed by atoms with Gasteiger partial charge in [0.2, 0.25) is 5.88 Å². The number of methoxy groups -OCH3 is 1. The molecule has 17 heavy (non-hydrogen) atoms. The van der Waals surface area contributed by atoms with Crippen molar-refractivity contribution >= 4 is 23.3 Å². The number of hydrogen-bond donors (Lipinski definition) is 2. The van der Waals surface area contributed by atoms with Crippen LogP contribution in [0.5, 0.6) is 5.88 Å². The van der Waals surface area contributed by atoms with Crippen LogP contribution >= 0.6 is 11.9 Å².